The molecule has 9 heterocycles. The summed E-state index contributed by atoms with van der Waals surface area (Å²) in [6.45, 7) is 1.79. The summed E-state index contributed by atoms with van der Waals surface area (Å²) in [7, 11) is -42.5. The summed E-state index contributed by atoms with van der Waals surface area (Å²) in [5.74, 6) is -4.70. The van der Waals surface area contributed by atoms with Crippen molar-refractivity contribution in [2.45, 2.75) is 232 Å². The Hall–Kier alpha value is -3.76. The minimum Gasteiger partial charge on any atom is -0.357 e. The lowest BCUT2D eigenvalue weighted by molar-refractivity contribution is -0.341. The molecule has 1 aliphatic carbocycles. The van der Waals surface area contributed by atoms with Gasteiger partial charge < -0.3 is 52.1 Å². The Balaban J connectivity index is 0.719. The van der Waals surface area contributed by atoms with E-state index in [1.165, 1.54) is 34.2 Å². The molecule has 23 atom stereocenters. The number of hydrogen-bond acceptors (Lipinski definition) is 43. The van der Waals surface area contributed by atoms with Crippen LogP contribution in [0.4, 0.5) is 0 Å². The quantitative estimate of drug-likeness (QED) is 0.0136. The highest BCUT2D eigenvalue weighted by molar-refractivity contribution is 7.82. The van der Waals surface area contributed by atoms with Crippen LogP contribution in [0.15, 0.2) is 24.8 Å². The number of hydrogen-bond donors (Lipinski definition) is 8. The fraction of sp³-hybridized carbons (Fsp3) is 0.849. The number of alkyl halides is 4. The largest absolute Gasteiger partial charge is 0.397 e. The summed E-state index contributed by atoms with van der Waals surface area (Å²) in [5, 5.41) is 30.3. The maximum Gasteiger partial charge on any atom is 0.397 e. The number of nitrogens with zero attached hydrogens (tertiary/aromatic N) is 12. The molecule has 1 saturated carbocycles. The third-order valence-corrected chi connectivity index (χ3v) is 24.7. The molecule has 5 aliphatic heterocycles. The number of aromatic nitrogens is 12. The van der Waals surface area contributed by atoms with E-state index >= 15 is 0 Å². The van der Waals surface area contributed by atoms with Gasteiger partial charge in [-0.25, -0.2) is 47.5 Å². The fourth-order valence-corrected chi connectivity index (χ4v) is 18.8. The van der Waals surface area contributed by atoms with Crippen LogP contribution >= 0.6 is 46.4 Å². The maximum atomic E-state index is 12.2. The lowest BCUT2D eigenvalue weighted by Gasteiger charge is -2.44. The molecule has 0 radical (unpaired) electrons. The van der Waals surface area contributed by atoms with Crippen LogP contribution in [0.3, 0.4) is 0 Å². The van der Waals surface area contributed by atoms with E-state index in [0.717, 1.165) is 9.36 Å². The molecule has 4 aromatic rings. The first-order valence-electron chi connectivity index (χ1n) is 34.9. The topological polar surface area (TPSA) is 733 Å². The molecular weight excluding hydrogens is 1890 g/mol. The van der Waals surface area contributed by atoms with Crippen molar-refractivity contribution in [3.63, 3.8) is 0 Å². The van der Waals surface area contributed by atoms with Gasteiger partial charge in [-0.05, 0) is 25.7 Å². The van der Waals surface area contributed by atoms with Gasteiger partial charge in [0, 0.05) is 56.9 Å². The predicted molar refractivity (Wildman–Crippen MR) is 384 cm³/mol. The zero-order valence-electron chi connectivity index (χ0n) is 61.9. The first-order chi connectivity index (χ1) is 55.6. The third-order valence-electron chi connectivity index (χ3n) is 18.9. The van der Waals surface area contributed by atoms with E-state index in [2.05, 4.69) is 45.4 Å². The zero-order valence-corrected chi connectivity index (χ0v) is 71.4. The summed E-state index contributed by atoms with van der Waals surface area (Å²) >= 11 is 25.6. The average molecular weight is 1970 g/mol. The van der Waals surface area contributed by atoms with Gasteiger partial charge in [-0.15, -0.1) is 66.8 Å². The number of halogens is 4. The van der Waals surface area contributed by atoms with E-state index in [4.69, 9.17) is 132 Å². The van der Waals surface area contributed by atoms with E-state index in [-0.39, 0.29) is 93.6 Å². The second kappa shape index (κ2) is 40.3. The molecule has 0 amide bonds. The molecule has 0 bridgehead atoms. The molecule has 5 saturated heterocycles. The molecule has 1 unspecified atom stereocenters. The lowest BCUT2D eigenvalue weighted by Crippen LogP contribution is -2.54. The van der Waals surface area contributed by atoms with Gasteiger partial charge >= 0.3 is 83.2 Å². The molecule has 67 heteroatoms. The van der Waals surface area contributed by atoms with Crippen molar-refractivity contribution in [1.29, 1.82) is 0 Å². The first-order valence-corrected chi connectivity index (χ1v) is 47.7. The minimum absolute atomic E-state index is 0.0113. The van der Waals surface area contributed by atoms with Crippen LogP contribution in [0.1, 0.15) is 82.1 Å². The molecule has 0 spiro atoms. The molecule has 8 N–H and O–H groups in total. The Morgan fingerprint density at radius 1 is 0.467 bits per heavy atom. The van der Waals surface area contributed by atoms with Crippen molar-refractivity contribution >= 4 is 130 Å². The molecular formula is C53H80Cl4N12O43S8. The summed E-state index contributed by atoms with van der Waals surface area (Å²) < 4.78 is 377. The van der Waals surface area contributed by atoms with Crippen LogP contribution in [-0.2, 0) is 221 Å². The van der Waals surface area contributed by atoms with Crippen molar-refractivity contribution in [2.75, 3.05) is 31.6 Å². The van der Waals surface area contributed by atoms with Gasteiger partial charge in [0.05, 0.1) is 134 Å². The van der Waals surface area contributed by atoms with E-state index in [0.29, 0.717) is 0 Å². The van der Waals surface area contributed by atoms with Crippen LogP contribution in [0.25, 0.3) is 0 Å². The summed E-state index contributed by atoms with van der Waals surface area (Å²) in [6, 6.07) is 0. The average Bonchev–Trinajstić information content (AvgIpc) is 1.59. The second-order valence-electron chi connectivity index (χ2n) is 27.9. The monoisotopic (exact) mass is 1970 g/mol. The van der Waals surface area contributed by atoms with Crippen LogP contribution < -0.4 is 0 Å². The Bertz CT molecular complexity index is 5070. The smallest absolute Gasteiger partial charge is 0.357 e. The Morgan fingerprint density at radius 3 is 1.53 bits per heavy atom. The van der Waals surface area contributed by atoms with E-state index in [9.17, 15) is 99.2 Å². The SMILES string of the molecule is C[C@@H]1[C@@H](C)[C@@H](O[C@]2(CCl)O[C@H](Cn3cc(CO[C@@H]4O[C@H](Cc5cn(COCCOCn6cc(C[C@H]7O[C@@H](OCc8cn(C[C@H]9C[C@@](CCl)(OC%10O[C@H](COS(=O)(=O)O)[C@H](Cl)C[C@H]%10OS(=O)(=O)O)C[C@@H]9OS(=O)(=O)O)nn8)C[C@@H](OS(=O)(=O)O)[C@H]7OS(=O)(=O)O)nn6)nn5)C[C@H](OS(=O)(=O)O)[C@@H]4OS(=O)(=O)O)nn3)C[C@@H]2OS(=O)(=O)O)O[C@H](C)[C@@H]1Cl. The van der Waals surface area contributed by atoms with Gasteiger partial charge in [-0.2, -0.15) is 67.3 Å². The van der Waals surface area contributed by atoms with Crippen molar-refractivity contribution < 1.29 is 189 Å². The predicted octanol–water partition coefficient (Wildman–Crippen LogP) is -1.92. The second-order valence-corrected chi connectivity index (χ2v) is 38.0. The standard InChI is InChI=1S/C53H80Cl4N12O43S8/c1-27-28(2)49(99-29(3)46(27)57)105-53(24-55)44(110-118(85,86)87)9-36(103-53)19-67-18-34(61-63-67)21-97-51-48(112-120(91,92)93)39(106-114(73,74)75)8-35(100-51)6-31-15-68(64-58-31)25-94-4-5-95-26-69-16-32(59-65-69)7-38-47(111-119(88,89)90)40(107-115(76,77)78)11-45(101-38)96-20-33-17-66(62-60-33)14-30-12-52(23-54,13-42(30)109-117(82,83)84)104-50-41(108-116(79,80)81)10-37(56)43(102-50)22-98-113(70,71)72/h15-18,27-30,35-51H,4-14,19-26H2,1-3H3,(H,70,71,72)(H,73,74,75)(H,76,77,78)(H,79,80,81)(H,82,83,84)(H,85,86,87)(H,88,89,90)(H,91,92,93)/t27-,28-,29-,30-,35-,36+,37-,38-,39+,40-,41-,42+,43-,44+,45-,46-,47+,48+,49-,50?,51-,52-,53+/m1/s1. The molecule has 6 fully saturated rings. The van der Waals surface area contributed by atoms with E-state index in [1.807, 2.05) is 6.92 Å². The highest BCUT2D eigenvalue weighted by Gasteiger charge is 2.57. The van der Waals surface area contributed by atoms with Crippen molar-refractivity contribution in [1.82, 2.24) is 60.0 Å². The van der Waals surface area contributed by atoms with Crippen molar-refractivity contribution in [2.24, 2.45) is 17.8 Å². The van der Waals surface area contributed by atoms with Crippen LogP contribution in [0, 0.1) is 17.8 Å². The molecule has 0 aromatic carbocycles. The lowest BCUT2D eigenvalue weighted by atomic mass is 9.87. The fourth-order valence-electron chi connectivity index (χ4n) is 13.8. The first kappa shape index (κ1) is 98.4. The number of ether oxygens (including phenoxy) is 11. The van der Waals surface area contributed by atoms with Gasteiger partial charge in [-0.1, -0.05) is 34.7 Å². The summed E-state index contributed by atoms with van der Waals surface area (Å²) in [6.07, 6.45) is -23.9. The molecule has 55 nitrogen and oxygen atoms in total. The number of rotatable bonds is 44. The highest BCUT2D eigenvalue weighted by Crippen LogP contribution is 2.46. The van der Waals surface area contributed by atoms with Gasteiger partial charge in [0.25, 0.3) is 0 Å². The summed E-state index contributed by atoms with van der Waals surface area (Å²) in [5.41, 5.74) is -1.73. The van der Waals surface area contributed by atoms with Crippen molar-refractivity contribution in [3.05, 3.63) is 47.6 Å². The van der Waals surface area contributed by atoms with Crippen molar-refractivity contribution in [3.8, 4) is 0 Å². The molecule has 4 aromatic heterocycles. The Labute approximate surface area is 703 Å². The molecule has 120 heavy (non-hydrogen) atoms. The Kier molecular flexibility index (Phi) is 33.0. The van der Waals surface area contributed by atoms with Gasteiger partial charge in [0.2, 0.25) is 5.79 Å². The van der Waals surface area contributed by atoms with Crippen LogP contribution in [0.5, 0.6) is 0 Å². The minimum atomic E-state index is -5.47. The molecule has 686 valence electrons. The van der Waals surface area contributed by atoms with Crippen LogP contribution in [-0.4, -0.2) is 316 Å². The molecule has 6 aliphatic rings. The van der Waals surface area contributed by atoms with Gasteiger partial charge in [0.1, 0.15) is 61.5 Å². The van der Waals surface area contributed by atoms with Gasteiger partial charge in [0.15, 0.2) is 31.3 Å². The van der Waals surface area contributed by atoms with Crippen LogP contribution in [0.2, 0.25) is 0 Å². The Morgan fingerprint density at radius 2 is 0.975 bits per heavy atom. The normalized spacial score (nSPS) is 32.8. The zero-order chi connectivity index (χ0) is 88.1. The third kappa shape index (κ3) is 29.9. The van der Waals surface area contributed by atoms with E-state index in [1.54, 1.807) is 13.8 Å². The molecule has 10 rings (SSSR count). The highest BCUT2D eigenvalue weighted by atomic mass is 35.5. The maximum absolute atomic E-state index is 12.2. The van der Waals surface area contributed by atoms with E-state index < -0.39 is 273 Å². The summed E-state index contributed by atoms with van der Waals surface area (Å²) in [4.78, 5) is 0. The van der Waals surface area contributed by atoms with Gasteiger partial charge in [-0.3, -0.25) is 41.1 Å².